The smallest absolute Gasteiger partial charge is 0.222 e. The summed E-state index contributed by atoms with van der Waals surface area (Å²) >= 11 is 0. The van der Waals surface area contributed by atoms with Crippen molar-refractivity contribution >= 4 is 11.9 Å². The second kappa shape index (κ2) is 11.3. The number of nitrogens with one attached hydrogen (secondary N) is 3. The summed E-state index contributed by atoms with van der Waals surface area (Å²) in [6, 6.07) is 0. The first-order chi connectivity index (χ1) is 11.4. The Kier molecular flexibility index (Phi) is 9.76. The van der Waals surface area contributed by atoms with Crippen LogP contribution in [0, 0.1) is 0 Å². The Labute approximate surface area is 147 Å². The lowest BCUT2D eigenvalue weighted by molar-refractivity contribution is -0.130. The maximum Gasteiger partial charge on any atom is 0.222 e. The van der Waals surface area contributed by atoms with Crippen molar-refractivity contribution in [2.24, 2.45) is 4.99 Å². The normalized spacial score (nSPS) is 16.9. The van der Waals surface area contributed by atoms with Crippen molar-refractivity contribution in [2.45, 2.75) is 65.3 Å². The summed E-state index contributed by atoms with van der Waals surface area (Å²) < 4.78 is 0. The largest absolute Gasteiger partial charge is 0.357 e. The summed E-state index contributed by atoms with van der Waals surface area (Å²) in [5.74, 6) is 1.17. The summed E-state index contributed by atoms with van der Waals surface area (Å²) in [6.07, 6.45) is 5.00. The van der Waals surface area contributed by atoms with E-state index in [0.29, 0.717) is 12.3 Å². The molecule has 1 rings (SSSR count). The SMILES string of the molecule is CCNC(=NCCCN1CCCCCC1=O)NCCNC(C)(C)C. The van der Waals surface area contributed by atoms with Gasteiger partial charge in [0, 0.05) is 51.2 Å². The topological polar surface area (TPSA) is 68.8 Å². The number of nitrogens with zero attached hydrogens (tertiary/aromatic N) is 2. The van der Waals surface area contributed by atoms with E-state index in [0.717, 1.165) is 64.5 Å². The van der Waals surface area contributed by atoms with Crippen molar-refractivity contribution < 1.29 is 4.79 Å². The molecule has 0 saturated carbocycles. The molecule has 0 aliphatic carbocycles. The molecule has 0 aromatic rings. The fourth-order valence-electron chi connectivity index (χ4n) is 2.69. The standard InChI is InChI=1S/C18H37N5O/c1-5-19-17(21-12-13-22-18(2,3)4)20-11-9-15-23-14-8-6-7-10-16(23)24/h22H,5-15H2,1-4H3,(H2,19,20,21). The maximum absolute atomic E-state index is 12.0. The molecular formula is C18H37N5O. The molecule has 1 saturated heterocycles. The van der Waals surface area contributed by atoms with E-state index in [9.17, 15) is 4.79 Å². The molecular weight excluding hydrogens is 302 g/mol. The van der Waals surface area contributed by atoms with Crippen LogP contribution in [0.2, 0.25) is 0 Å². The maximum atomic E-state index is 12.0. The van der Waals surface area contributed by atoms with Crippen LogP contribution in [0.5, 0.6) is 0 Å². The van der Waals surface area contributed by atoms with Crippen LogP contribution in [0.15, 0.2) is 4.99 Å². The molecule has 1 aliphatic heterocycles. The molecule has 0 radical (unpaired) electrons. The molecule has 0 aromatic heterocycles. The van der Waals surface area contributed by atoms with Gasteiger partial charge in [0.05, 0.1) is 0 Å². The number of rotatable bonds is 8. The van der Waals surface area contributed by atoms with Crippen molar-refractivity contribution in [3.63, 3.8) is 0 Å². The van der Waals surface area contributed by atoms with Crippen LogP contribution in [0.3, 0.4) is 0 Å². The highest BCUT2D eigenvalue weighted by Crippen LogP contribution is 2.11. The lowest BCUT2D eigenvalue weighted by Crippen LogP contribution is -2.44. The summed E-state index contributed by atoms with van der Waals surface area (Å²) in [5.41, 5.74) is 0.136. The first kappa shape index (κ1) is 20.7. The number of amides is 1. The summed E-state index contributed by atoms with van der Waals surface area (Å²) in [5, 5.41) is 10.1. The van der Waals surface area contributed by atoms with E-state index in [2.05, 4.69) is 48.6 Å². The minimum Gasteiger partial charge on any atom is -0.357 e. The van der Waals surface area contributed by atoms with Gasteiger partial charge in [-0.2, -0.15) is 0 Å². The Morgan fingerprint density at radius 1 is 1.17 bits per heavy atom. The van der Waals surface area contributed by atoms with E-state index in [1.54, 1.807) is 0 Å². The highest BCUT2D eigenvalue weighted by atomic mass is 16.2. The van der Waals surface area contributed by atoms with Gasteiger partial charge in [-0.15, -0.1) is 0 Å². The zero-order chi connectivity index (χ0) is 17.8. The lowest BCUT2D eigenvalue weighted by atomic mass is 10.1. The average Bonchev–Trinajstić information content (AvgIpc) is 2.71. The van der Waals surface area contributed by atoms with E-state index in [-0.39, 0.29) is 5.54 Å². The van der Waals surface area contributed by atoms with Crippen LogP contribution in [0.25, 0.3) is 0 Å². The molecule has 3 N–H and O–H groups in total. The van der Waals surface area contributed by atoms with Crippen LogP contribution in [0.1, 0.15) is 59.8 Å². The third-order valence-corrected chi connectivity index (χ3v) is 3.94. The second-order valence-corrected chi connectivity index (χ2v) is 7.41. The zero-order valence-electron chi connectivity index (χ0n) is 16.1. The number of hydrogen-bond donors (Lipinski definition) is 3. The molecule has 0 unspecified atom stereocenters. The summed E-state index contributed by atoms with van der Waals surface area (Å²) in [6.45, 7) is 13.6. The third-order valence-electron chi connectivity index (χ3n) is 3.94. The minimum absolute atomic E-state index is 0.136. The predicted molar refractivity (Wildman–Crippen MR) is 101 cm³/mol. The van der Waals surface area contributed by atoms with E-state index in [1.165, 1.54) is 6.42 Å². The summed E-state index contributed by atoms with van der Waals surface area (Å²) in [4.78, 5) is 18.6. The Morgan fingerprint density at radius 2 is 1.96 bits per heavy atom. The van der Waals surface area contributed by atoms with Crippen molar-refractivity contribution in [1.29, 1.82) is 0 Å². The quantitative estimate of drug-likeness (QED) is 0.358. The van der Waals surface area contributed by atoms with Gasteiger partial charge in [-0.1, -0.05) is 6.42 Å². The molecule has 0 aromatic carbocycles. The second-order valence-electron chi connectivity index (χ2n) is 7.41. The monoisotopic (exact) mass is 339 g/mol. The van der Waals surface area contributed by atoms with Crippen LogP contribution >= 0.6 is 0 Å². The van der Waals surface area contributed by atoms with Crippen LogP contribution in [0.4, 0.5) is 0 Å². The van der Waals surface area contributed by atoms with Crippen molar-refractivity contribution in [3.05, 3.63) is 0 Å². The molecule has 24 heavy (non-hydrogen) atoms. The molecule has 0 bridgehead atoms. The van der Waals surface area contributed by atoms with Crippen LogP contribution in [-0.4, -0.2) is 61.6 Å². The Bertz CT molecular complexity index is 389. The number of aliphatic imine (C=N–C) groups is 1. The van der Waals surface area contributed by atoms with Crippen molar-refractivity contribution in [2.75, 3.05) is 39.3 Å². The molecule has 1 heterocycles. The Hall–Kier alpha value is -1.30. The molecule has 1 amide bonds. The van der Waals surface area contributed by atoms with Crippen molar-refractivity contribution in [3.8, 4) is 0 Å². The molecule has 1 aliphatic rings. The number of carbonyl (C=O) groups excluding carboxylic acids is 1. The van der Waals surface area contributed by atoms with Gasteiger partial charge < -0.3 is 20.9 Å². The van der Waals surface area contributed by atoms with E-state index >= 15 is 0 Å². The predicted octanol–water partition coefficient (Wildman–Crippen LogP) is 1.72. The van der Waals surface area contributed by atoms with E-state index in [1.807, 2.05) is 4.90 Å². The lowest BCUT2D eigenvalue weighted by Gasteiger charge is -2.21. The molecule has 1 fully saturated rings. The van der Waals surface area contributed by atoms with Gasteiger partial charge in [-0.05, 0) is 47.0 Å². The van der Waals surface area contributed by atoms with Gasteiger partial charge in [-0.25, -0.2) is 0 Å². The van der Waals surface area contributed by atoms with Gasteiger partial charge in [0.25, 0.3) is 0 Å². The van der Waals surface area contributed by atoms with Crippen molar-refractivity contribution in [1.82, 2.24) is 20.9 Å². The highest BCUT2D eigenvalue weighted by Gasteiger charge is 2.15. The highest BCUT2D eigenvalue weighted by molar-refractivity contribution is 5.79. The van der Waals surface area contributed by atoms with Crippen LogP contribution < -0.4 is 16.0 Å². The van der Waals surface area contributed by atoms with Crippen LogP contribution in [-0.2, 0) is 4.79 Å². The molecule has 0 spiro atoms. The van der Waals surface area contributed by atoms with E-state index in [4.69, 9.17) is 0 Å². The van der Waals surface area contributed by atoms with Gasteiger partial charge in [0.2, 0.25) is 5.91 Å². The van der Waals surface area contributed by atoms with Gasteiger partial charge in [0.1, 0.15) is 0 Å². The Morgan fingerprint density at radius 3 is 2.67 bits per heavy atom. The minimum atomic E-state index is 0.136. The summed E-state index contributed by atoms with van der Waals surface area (Å²) in [7, 11) is 0. The van der Waals surface area contributed by atoms with Gasteiger partial charge in [-0.3, -0.25) is 9.79 Å². The average molecular weight is 340 g/mol. The first-order valence-corrected chi connectivity index (χ1v) is 9.47. The molecule has 140 valence electrons. The van der Waals surface area contributed by atoms with E-state index < -0.39 is 0 Å². The number of likely N-dealkylation sites (tertiary alicyclic amines) is 1. The first-order valence-electron chi connectivity index (χ1n) is 9.47. The molecule has 6 nitrogen and oxygen atoms in total. The third kappa shape index (κ3) is 9.75. The number of hydrogen-bond acceptors (Lipinski definition) is 3. The zero-order valence-corrected chi connectivity index (χ0v) is 16.1. The fourth-order valence-corrected chi connectivity index (χ4v) is 2.69. The fraction of sp³-hybridized carbons (Fsp3) is 0.889. The Balaban J connectivity index is 2.27. The van der Waals surface area contributed by atoms with Gasteiger partial charge >= 0.3 is 0 Å². The molecule has 0 atom stereocenters. The number of guanidine groups is 1. The molecule has 6 heteroatoms. The van der Waals surface area contributed by atoms with Gasteiger partial charge in [0.15, 0.2) is 5.96 Å². The number of carbonyl (C=O) groups is 1.